The van der Waals surface area contributed by atoms with Crippen molar-refractivity contribution in [3.63, 3.8) is 0 Å². The topological polar surface area (TPSA) is 88.4 Å². The molecule has 2 heterocycles. The van der Waals surface area contributed by atoms with E-state index in [0.29, 0.717) is 30.1 Å². The molecule has 4 rings (SSSR count). The summed E-state index contributed by atoms with van der Waals surface area (Å²) in [7, 11) is 0. The van der Waals surface area contributed by atoms with Crippen molar-refractivity contribution in [3.05, 3.63) is 58.5 Å². The minimum Gasteiger partial charge on any atom is -0.349 e. The van der Waals surface area contributed by atoms with Crippen LogP contribution in [0.4, 0.5) is 5.69 Å². The van der Waals surface area contributed by atoms with Crippen molar-refractivity contribution in [1.82, 2.24) is 19.9 Å². The fourth-order valence-corrected chi connectivity index (χ4v) is 3.50. The van der Waals surface area contributed by atoms with E-state index in [1.807, 2.05) is 31.4 Å². The van der Waals surface area contributed by atoms with Gasteiger partial charge in [-0.2, -0.15) is 5.10 Å². The van der Waals surface area contributed by atoms with Gasteiger partial charge in [0, 0.05) is 41.2 Å². The molecule has 1 fully saturated rings. The number of aromatic nitrogens is 3. The first-order valence-corrected chi connectivity index (χ1v) is 9.94. The number of amides is 2. The SMILES string of the molecule is Cc1cc2nc(C)c(CCC(=O)Nc3cccc(C(=O)NC4CC4)c3)c(C)n2n1. The van der Waals surface area contributed by atoms with Gasteiger partial charge in [0.15, 0.2) is 5.65 Å². The Morgan fingerprint density at radius 3 is 2.72 bits per heavy atom. The summed E-state index contributed by atoms with van der Waals surface area (Å²) in [5.41, 5.74) is 5.89. The molecule has 0 bridgehead atoms. The number of aryl methyl sites for hydroxylation is 3. The number of hydrogen-bond donors (Lipinski definition) is 2. The second kappa shape index (κ2) is 7.66. The molecular formula is C22H25N5O2. The van der Waals surface area contributed by atoms with E-state index in [9.17, 15) is 9.59 Å². The zero-order valence-corrected chi connectivity index (χ0v) is 17.0. The van der Waals surface area contributed by atoms with Crippen molar-refractivity contribution in [2.75, 3.05) is 5.32 Å². The molecule has 0 spiro atoms. The minimum atomic E-state index is -0.0970. The van der Waals surface area contributed by atoms with Crippen molar-refractivity contribution in [1.29, 1.82) is 0 Å². The number of hydrogen-bond acceptors (Lipinski definition) is 4. The van der Waals surface area contributed by atoms with Crippen LogP contribution in [-0.2, 0) is 11.2 Å². The number of nitrogens with one attached hydrogen (secondary N) is 2. The minimum absolute atomic E-state index is 0.0938. The van der Waals surface area contributed by atoms with Crippen molar-refractivity contribution in [3.8, 4) is 0 Å². The van der Waals surface area contributed by atoms with E-state index in [2.05, 4.69) is 20.7 Å². The molecule has 0 saturated heterocycles. The predicted octanol–water partition coefficient (Wildman–Crippen LogP) is 3.12. The Morgan fingerprint density at radius 1 is 1.17 bits per heavy atom. The second-order valence-corrected chi connectivity index (χ2v) is 7.69. The number of fused-ring (bicyclic) bond motifs is 1. The predicted molar refractivity (Wildman–Crippen MR) is 111 cm³/mol. The van der Waals surface area contributed by atoms with E-state index in [1.54, 1.807) is 24.3 Å². The first-order valence-electron chi connectivity index (χ1n) is 9.94. The Hall–Kier alpha value is -3.22. The van der Waals surface area contributed by atoms with E-state index in [-0.39, 0.29) is 11.8 Å². The van der Waals surface area contributed by atoms with Gasteiger partial charge in [0.05, 0.1) is 5.69 Å². The lowest BCUT2D eigenvalue weighted by atomic mass is 10.1. The third-order valence-corrected chi connectivity index (χ3v) is 5.21. The number of rotatable bonds is 6. The van der Waals surface area contributed by atoms with E-state index < -0.39 is 0 Å². The molecule has 7 nitrogen and oxygen atoms in total. The van der Waals surface area contributed by atoms with E-state index in [0.717, 1.165) is 41.1 Å². The largest absolute Gasteiger partial charge is 0.349 e. The van der Waals surface area contributed by atoms with Crippen molar-refractivity contribution in [2.24, 2.45) is 0 Å². The molecule has 3 aromatic rings. The summed E-state index contributed by atoms with van der Waals surface area (Å²) in [6, 6.07) is 9.30. The van der Waals surface area contributed by atoms with Crippen molar-refractivity contribution in [2.45, 2.75) is 52.5 Å². The second-order valence-electron chi connectivity index (χ2n) is 7.69. The molecule has 2 aromatic heterocycles. The quantitative estimate of drug-likeness (QED) is 0.676. The van der Waals surface area contributed by atoms with Gasteiger partial charge in [-0.05, 0) is 63.8 Å². The number of nitrogens with zero attached hydrogens (tertiary/aromatic N) is 3. The van der Waals surface area contributed by atoms with Gasteiger partial charge >= 0.3 is 0 Å². The highest BCUT2D eigenvalue weighted by Crippen LogP contribution is 2.20. The zero-order valence-electron chi connectivity index (χ0n) is 17.0. The molecule has 2 N–H and O–H groups in total. The Bertz CT molecular complexity index is 1100. The maximum atomic E-state index is 12.5. The smallest absolute Gasteiger partial charge is 0.251 e. The number of carbonyl (C=O) groups is 2. The third kappa shape index (κ3) is 4.29. The van der Waals surface area contributed by atoms with Gasteiger partial charge in [0.2, 0.25) is 5.91 Å². The zero-order chi connectivity index (χ0) is 20.5. The van der Waals surface area contributed by atoms with Crippen LogP contribution in [0.5, 0.6) is 0 Å². The van der Waals surface area contributed by atoms with E-state index in [4.69, 9.17) is 0 Å². The molecule has 0 atom stereocenters. The maximum Gasteiger partial charge on any atom is 0.251 e. The molecule has 1 saturated carbocycles. The van der Waals surface area contributed by atoms with Crippen molar-refractivity contribution >= 4 is 23.1 Å². The first-order chi connectivity index (χ1) is 13.9. The van der Waals surface area contributed by atoms with Crippen LogP contribution in [-0.4, -0.2) is 32.5 Å². The average molecular weight is 391 g/mol. The molecule has 1 aliphatic rings. The van der Waals surface area contributed by atoms with Crippen LogP contribution < -0.4 is 10.6 Å². The van der Waals surface area contributed by atoms with Crippen LogP contribution in [0, 0.1) is 20.8 Å². The molecule has 0 unspecified atom stereocenters. The Labute approximate surface area is 169 Å². The van der Waals surface area contributed by atoms with Crippen LogP contribution in [0.2, 0.25) is 0 Å². The number of anilines is 1. The summed E-state index contributed by atoms with van der Waals surface area (Å²) in [6.45, 7) is 5.91. The summed E-state index contributed by atoms with van der Waals surface area (Å²) in [4.78, 5) is 29.3. The van der Waals surface area contributed by atoms with Crippen LogP contribution in [0.1, 0.15) is 52.3 Å². The molecule has 1 aromatic carbocycles. The maximum absolute atomic E-state index is 12.5. The van der Waals surface area contributed by atoms with Gasteiger partial charge < -0.3 is 10.6 Å². The van der Waals surface area contributed by atoms with Crippen molar-refractivity contribution < 1.29 is 9.59 Å². The molecule has 29 heavy (non-hydrogen) atoms. The van der Waals surface area contributed by atoms with Crippen LogP contribution in [0.3, 0.4) is 0 Å². The van der Waals surface area contributed by atoms with Gasteiger partial charge in [0.1, 0.15) is 0 Å². The summed E-state index contributed by atoms with van der Waals surface area (Å²) in [5, 5.41) is 10.3. The van der Waals surface area contributed by atoms with Crippen LogP contribution in [0.25, 0.3) is 5.65 Å². The number of carbonyl (C=O) groups excluding carboxylic acids is 2. The fourth-order valence-electron chi connectivity index (χ4n) is 3.50. The normalized spacial score (nSPS) is 13.5. The lowest BCUT2D eigenvalue weighted by molar-refractivity contribution is -0.116. The fraction of sp³-hybridized carbons (Fsp3) is 0.364. The summed E-state index contributed by atoms with van der Waals surface area (Å²) in [5.74, 6) is -0.191. The highest BCUT2D eigenvalue weighted by Gasteiger charge is 2.23. The highest BCUT2D eigenvalue weighted by atomic mass is 16.2. The summed E-state index contributed by atoms with van der Waals surface area (Å²) in [6.07, 6.45) is 2.99. The average Bonchev–Trinajstić information content (AvgIpc) is 3.41. The molecule has 1 aliphatic carbocycles. The van der Waals surface area contributed by atoms with Gasteiger partial charge in [-0.3, -0.25) is 9.59 Å². The van der Waals surface area contributed by atoms with Gasteiger partial charge in [0.25, 0.3) is 5.91 Å². The molecule has 2 amide bonds. The third-order valence-electron chi connectivity index (χ3n) is 5.21. The Balaban J connectivity index is 1.41. The lowest BCUT2D eigenvalue weighted by Crippen LogP contribution is -2.25. The molecule has 7 heteroatoms. The monoisotopic (exact) mass is 391 g/mol. The summed E-state index contributed by atoms with van der Waals surface area (Å²) >= 11 is 0. The van der Waals surface area contributed by atoms with Gasteiger partial charge in [-0.25, -0.2) is 9.50 Å². The number of benzene rings is 1. The first kappa shape index (κ1) is 19.1. The molecule has 0 aliphatic heterocycles. The Kier molecular flexibility index (Phi) is 5.05. The highest BCUT2D eigenvalue weighted by molar-refractivity contribution is 5.97. The molecule has 0 radical (unpaired) electrons. The standard InChI is InChI=1S/C22H25N5O2/c1-13-11-20-23-14(2)19(15(3)27(20)26-13)9-10-21(28)24-18-6-4-5-16(12-18)22(29)25-17-7-8-17/h4-6,11-12,17H,7-10H2,1-3H3,(H,24,28)(H,25,29). The van der Waals surface area contributed by atoms with E-state index >= 15 is 0 Å². The lowest BCUT2D eigenvalue weighted by Gasteiger charge is -2.11. The summed E-state index contributed by atoms with van der Waals surface area (Å²) < 4.78 is 1.83. The molecular weight excluding hydrogens is 366 g/mol. The van der Waals surface area contributed by atoms with Gasteiger partial charge in [-0.15, -0.1) is 0 Å². The molecule has 150 valence electrons. The van der Waals surface area contributed by atoms with Gasteiger partial charge in [-0.1, -0.05) is 6.07 Å². The Morgan fingerprint density at radius 2 is 1.97 bits per heavy atom. The van der Waals surface area contributed by atoms with E-state index in [1.165, 1.54) is 0 Å². The van der Waals surface area contributed by atoms with Crippen LogP contribution >= 0.6 is 0 Å². The van der Waals surface area contributed by atoms with Crippen LogP contribution in [0.15, 0.2) is 30.3 Å².